The molecule has 2 aromatic carbocycles. The summed E-state index contributed by atoms with van der Waals surface area (Å²) in [6, 6.07) is 16.6. The van der Waals surface area contributed by atoms with Crippen LogP contribution in [0, 0.1) is 0 Å². The van der Waals surface area contributed by atoms with Crippen LogP contribution in [-0.4, -0.2) is 25.3 Å². The predicted octanol–water partition coefficient (Wildman–Crippen LogP) is 4.46. The molecular weight excluding hydrogens is 284 g/mol. The molecule has 0 aliphatic carbocycles. The number of rotatable bonds is 5. The van der Waals surface area contributed by atoms with E-state index in [2.05, 4.69) is 50.1 Å². The second kappa shape index (κ2) is 7.32. The molecular formula is C20H26N2O. The van der Waals surface area contributed by atoms with E-state index < -0.39 is 0 Å². The largest absolute Gasteiger partial charge is 0.489 e. The highest BCUT2D eigenvalue weighted by Gasteiger charge is 2.12. The normalized spacial score (nSPS) is 11.7. The van der Waals surface area contributed by atoms with Crippen LogP contribution in [0.25, 0.3) is 0 Å². The summed E-state index contributed by atoms with van der Waals surface area (Å²) in [6.07, 6.45) is 1.83. The fourth-order valence-electron chi connectivity index (χ4n) is 2.10. The third-order valence-electron chi connectivity index (χ3n) is 3.54. The van der Waals surface area contributed by atoms with Gasteiger partial charge in [0, 0.05) is 14.1 Å². The van der Waals surface area contributed by atoms with Crippen molar-refractivity contribution >= 4 is 6.21 Å². The molecule has 0 bridgehead atoms. The van der Waals surface area contributed by atoms with Crippen molar-refractivity contribution in [3.8, 4) is 5.75 Å². The van der Waals surface area contributed by atoms with E-state index in [4.69, 9.17) is 4.74 Å². The van der Waals surface area contributed by atoms with Crippen molar-refractivity contribution in [2.24, 2.45) is 5.10 Å². The molecule has 0 unspecified atom stereocenters. The summed E-state index contributed by atoms with van der Waals surface area (Å²) in [4.78, 5) is 0. The van der Waals surface area contributed by atoms with E-state index in [-0.39, 0.29) is 5.41 Å². The van der Waals surface area contributed by atoms with Crippen LogP contribution in [0.5, 0.6) is 5.75 Å². The highest BCUT2D eigenvalue weighted by molar-refractivity contribution is 5.79. The van der Waals surface area contributed by atoms with Crippen molar-refractivity contribution in [1.29, 1.82) is 0 Å². The minimum Gasteiger partial charge on any atom is -0.489 e. The Labute approximate surface area is 139 Å². The van der Waals surface area contributed by atoms with Crippen LogP contribution < -0.4 is 4.74 Å². The average molecular weight is 310 g/mol. The molecule has 0 radical (unpaired) electrons. The SMILES string of the molecule is CN(C)/N=C/c1ccc(OCc2ccc(C(C)(C)C)cc2)cc1. The molecule has 0 N–H and O–H groups in total. The van der Waals surface area contributed by atoms with Crippen molar-refractivity contribution in [2.45, 2.75) is 32.8 Å². The third-order valence-corrected chi connectivity index (χ3v) is 3.54. The van der Waals surface area contributed by atoms with Gasteiger partial charge in [-0.1, -0.05) is 45.0 Å². The summed E-state index contributed by atoms with van der Waals surface area (Å²) in [5, 5.41) is 5.98. The first-order valence-corrected chi connectivity index (χ1v) is 7.88. The van der Waals surface area contributed by atoms with Crippen molar-refractivity contribution in [3.63, 3.8) is 0 Å². The molecule has 3 nitrogen and oxygen atoms in total. The minimum absolute atomic E-state index is 0.184. The highest BCUT2D eigenvalue weighted by Crippen LogP contribution is 2.22. The van der Waals surface area contributed by atoms with E-state index in [9.17, 15) is 0 Å². The van der Waals surface area contributed by atoms with E-state index in [1.54, 1.807) is 5.01 Å². The van der Waals surface area contributed by atoms with Crippen LogP contribution in [0.3, 0.4) is 0 Å². The topological polar surface area (TPSA) is 24.8 Å². The van der Waals surface area contributed by atoms with Gasteiger partial charge >= 0.3 is 0 Å². The van der Waals surface area contributed by atoms with Gasteiger partial charge in [-0.15, -0.1) is 0 Å². The quantitative estimate of drug-likeness (QED) is 0.602. The average Bonchev–Trinajstić information content (AvgIpc) is 2.51. The number of ether oxygens (including phenoxy) is 1. The fourth-order valence-corrected chi connectivity index (χ4v) is 2.10. The Hall–Kier alpha value is -2.29. The number of hydrogen-bond donors (Lipinski definition) is 0. The first-order valence-electron chi connectivity index (χ1n) is 7.88. The Kier molecular flexibility index (Phi) is 5.43. The van der Waals surface area contributed by atoms with E-state index >= 15 is 0 Å². The van der Waals surface area contributed by atoms with E-state index in [1.165, 1.54) is 11.1 Å². The van der Waals surface area contributed by atoms with Crippen LogP contribution in [0.15, 0.2) is 53.6 Å². The number of benzene rings is 2. The van der Waals surface area contributed by atoms with E-state index in [0.717, 1.165) is 11.3 Å². The Morgan fingerprint density at radius 1 is 0.957 bits per heavy atom. The summed E-state index contributed by atoms with van der Waals surface area (Å²) in [7, 11) is 3.80. The molecule has 0 amide bonds. The van der Waals surface area contributed by atoms with Crippen molar-refractivity contribution in [1.82, 2.24) is 5.01 Å². The molecule has 122 valence electrons. The van der Waals surface area contributed by atoms with Crippen molar-refractivity contribution in [2.75, 3.05) is 14.1 Å². The van der Waals surface area contributed by atoms with Crippen LogP contribution >= 0.6 is 0 Å². The zero-order chi connectivity index (χ0) is 16.9. The summed E-state index contributed by atoms with van der Waals surface area (Å²) in [5.74, 6) is 0.868. The lowest BCUT2D eigenvalue weighted by Crippen LogP contribution is -2.10. The lowest BCUT2D eigenvalue weighted by Gasteiger charge is -2.19. The summed E-state index contributed by atoms with van der Waals surface area (Å²) >= 11 is 0. The molecule has 2 aromatic rings. The van der Waals surface area contributed by atoms with Crippen LogP contribution in [0.2, 0.25) is 0 Å². The maximum Gasteiger partial charge on any atom is 0.119 e. The van der Waals surface area contributed by atoms with Gasteiger partial charge in [0.15, 0.2) is 0 Å². The first-order chi connectivity index (χ1) is 10.8. The number of nitrogens with zero attached hydrogens (tertiary/aromatic N) is 2. The Balaban J connectivity index is 1.93. The van der Waals surface area contributed by atoms with Gasteiger partial charge in [0.1, 0.15) is 12.4 Å². The molecule has 0 heterocycles. The Morgan fingerprint density at radius 3 is 2.09 bits per heavy atom. The summed E-state index contributed by atoms with van der Waals surface area (Å²) in [6.45, 7) is 7.24. The molecule has 2 rings (SSSR count). The highest BCUT2D eigenvalue weighted by atomic mass is 16.5. The fraction of sp³-hybridized carbons (Fsp3) is 0.350. The Morgan fingerprint density at radius 2 is 1.57 bits per heavy atom. The Bertz CT molecular complexity index is 635. The van der Waals surface area contributed by atoms with Crippen molar-refractivity contribution < 1.29 is 4.74 Å². The van der Waals surface area contributed by atoms with E-state index in [0.29, 0.717) is 6.61 Å². The van der Waals surface area contributed by atoms with Gasteiger partial charge in [-0.2, -0.15) is 5.10 Å². The smallest absolute Gasteiger partial charge is 0.119 e. The summed E-state index contributed by atoms with van der Waals surface area (Å²) in [5.41, 5.74) is 3.76. The van der Waals surface area contributed by atoms with Gasteiger partial charge < -0.3 is 9.75 Å². The van der Waals surface area contributed by atoms with Gasteiger partial charge in [-0.3, -0.25) is 0 Å². The predicted molar refractivity (Wildman–Crippen MR) is 97.2 cm³/mol. The van der Waals surface area contributed by atoms with Crippen LogP contribution in [0.1, 0.15) is 37.5 Å². The van der Waals surface area contributed by atoms with Crippen molar-refractivity contribution in [3.05, 3.63) is 65.2 Å². The van der Waals surface area contributed by atoms with Gasteiger partial charge in [0.2, 0.25) is 0 Å². The summed E-state index contributed by atoms with van der Waals surface area (Å²) < 4.78 is 5.84. The molecule has 0 saturated carbocycles. The lowest BCUT2D eigenvalue weighted by atomic mass is 9.87. The molecule has 0 spiro atoms. The second-order valence-electron chi connectivity index (χ2n) is 6.90. The van der Waals surface area contributed by atoms with Gasteiger partial charge in [-0.25, -0.2) is 0 Å². The molecule has 0 aromatic heterocycles. The molecule has 0 atom stereocenters. The maximum absolute atomic E-state index is 5.84. The third kappa shape index (κ3) is 5.44. The second-order valence-corrected chi connectivity index (χ2v) is 6.90. The number of hydrazone groups is 1. The number of hydrogen-bond acceptors (Lipinski definition) is 3. The molecule has 3 heteroatoms. The molecule has 23 heavy (non-hydrogen) atoms. The molecule has 0 saturated heterocycles. The zero-order valence-electron chi connectivity index (χ0n) is 14.7. The molecule has 0 fully saturated rings. The van der Waals surface area contributed by atoms with Gasteiger partial charge in [0.25, 0.3) is 0 Å². The van der Waals surface area contributed by atoms with E-state index in [1.807, 2.05) is 44.6 Å². The monoisotopic (exact) mass is 310 g/mol. The van der Waals surface area contributed by atoms with Crippen LogP contribution in [-0.2, 0) is 12.0 Å². The first kappa shape index (κ1) is 17.1. The minimum atomic E-state index is 0.184. The standard InChI is InChI=1S/C20H26N2O/c1-20(2,3)18-10-6-17(7-11-18)15-23-19-12-8-16(9-13-19)14-21-22(4)5/h6-14H,15H2,1-5H3/b21-14+. The molecule has 0 aliphatic heterocycles. The van der Waals surface area contributed by atoms with Gasteiger partial charge in [-0.05, 0) is 46.4 Å². The van der Waals surface area contributed by atoms with Crippen LogP contribution in [0.4, 0.5) is 0 Å². The van der Waals surface area contributed by atoms with Gasteiger partial charge in [0.05, 0.1) is 6.21 Å². The maximum atomic E-state index is 5.84. The zero-order valence-corrected chi connectivity index (χ0v) is 14.7. The lowest BCUT2D eigenvalue weighted by molar-refractivity contribution is 0.306. The molecule has 0 aliphatic rings.